The highest BCUT2D eigenvalue weighted by molar-refractivity contribution is 6.32. The maximum absolute atomic E-state index is 10.9. The van der Waals surface area contributed by atoms with E-state index in [1.807, 2.05) is 0 Å². The van der Waals surface area contributed by atoms with Gasteiger partial charge in [-0.05, 0) is 6.07 Å². The molecule has 0 amide bonds. The molecule has 4 rings (SSSR count). The molecule has 0 bridgehead atoms. The second-order valence-corrected chi connectivity index (χ2v) is 10.7. The molecule has 3 aliphatic heterocycles. The fraction of sp³-hybridized carbons (Fsp3) is 0.750. The number of nitrogens with zero attached hydrogens (tertiary/aromatic N) is 1. The van der Waals surface area contributed by atoms with Crippen LogP contribution in [0.15, 0.2) is 18.2 Å². The van der Waals surface area contributed by atoms with Gasteiger partial charge in [-0.2, -0.15) is 0 Å². The van der Waals surface area contributed by atoms with Crippen LogP contribution in [0.5, 0.6) is 5.75 Å². The van der Waals surface area contributed by atoms with E-state index in [-0.39, 0.29) is 16.5 Å². The summed E-state index contributed by atoms with van der Waals surface area (Å²) in [7, 11) is 0. The lowest BCUT2D eigenvalue weighted by Gasteiger charge is -2.48. The molecule has 250 valence electrons. The zero-order valence-corrected chi connectivity index (χ0v) is 23.3. The fourth-order valence-corrected chi connectivity index (χ4v) is 5.18. The summed E-state index contributed by atoms with van der Waals surface area (Å²) in [6, 6.07) is 3.18. The van der Waals surface area contributed by atoms with E-state index in [4.69, 9.17) is 40.0 Å². The molecule has 1 aromatic rings. The molecule has 19 nitrogen and oxygen atoms in total. The van der Waals surface area contributed by atoms with Gasteiger partial charge in [0.25, 0.3) is 5.69 Å². The Bertz CT molecular complexity index is 1110. The predicted octanol–water partition coefficient (Wildman–Crippen LogP) is -4.92. The van der Waals surface area contributed by atoms with E-state index in [1.165, 1.54) is 0 Å². The summed E-state index contributed by atoms with van der Waals surface area (Å²) in [6.45, 7) is -2.47. The molecule has 0 aliphatic carbocycles. The van der Waals surface area contributed by atoms with Gasteiger partial charge < -0.3 is 79.5 Å². The first-order valence-corrected chi connectivity index (χ1v) is 13.7. The zero-order valence-electron chi connectivity index (χ0n) is 22.6. The highest BCUT2D eigenvalue weighted by Gasteiger charge is 2.53. The molecule has 0 aromatic heterocycles. The molecule has 3 aliphatic rings. The molecule has 0 radical (unpaired) electrons. The normalized spacial score (nSPS) is 43.0. The van der Waals surface area contributed by atoms with Crippen LogP contribution in [0, 0.1) is 10.1 Å². The molecule has 44 heavy (non-hydrogen) atoms. The van der Waals surface area contributed by atoms with Crippen LogP contribution in [0.2, 0.25) is 5.02 Å². The van der Waals surface area contributed by atoms with Gasteiger partial charge in [-0.25, -0.2) is 0 Å². The van der Waals surface area contributed by atoms with E-state index in [1.54, 1.807) is 0 Å². The zero-order chi connectivity index (χ0) is 32.5. The van der Waals surface area contributed by atoms with E-state index in [9.17, 15) is 61.2 Å². The number of benzene rings is 1. The van der Waals surface area contributed by atoms with Crippen molar-refractivity contribution in [3.8, 4) is 5.75 Å². The number of rotatable bonds is 10. The Morgan fingerprint density at radius 2 is 1.14 bits per heavy atom. The van der Waals surface area contributed by atoms with Crippen molar-refractivity contribution in [2.45, 2.75) is 92.1 Å². The Morgan fingerprint density at radius 1 is 0.682 bits per heavy atom. The molecule has 0 saturated carbocycles. The van der Waals surface area contributed by atoms with Gasteiger partial charge in [-0.1, -0.05) is 11.6 Å². The molecular formula is C24H34ClNO18. The van der Waals surface area contributed by atoms with Crippen LogP contribution in [0.4, 0.5) is 5.69 Å². The number of non-ortho nitro benzene ring substituents is 1. The van der Waals surface area contributed by atoms with Crippen LogP contribution in [0.3, 0.4) is 0 Å². The standard InChI is InChI=1S/C24H34ClNO18/c25-8-3-7(26(37)38)1-2-9(8)39-22-18(35)15(32)20(11(5-28)41-22)44-24-19(36)16(33)21(12(6-29)42-24)43-23-17(34)14(31)13(30)10(4-27)40-23/h1-3,10-24,27-36H,4-6H2/t10-,11-,12-,13+,14+,15-,16-,17-,18-,19-,20-,21-,22-,23+,24+/m1/s1. The van der Waals surface area contributed by atoms with Gasteiger partial charge in [0, 0.05) is 12.1 Å². The van der Waals surface area contributed by atoms with Crippen molar-refractivity contribution in [1.82, 2.24) is 0 Å². The molecule has 1 aromatic carbocycles. The van der Waals surface area contributed by atoms with Crippen LogP contribution in [0.25, 0.3) is 0 Å². The maximum Gasteiger partial charge on any atom is 0.271 e. The van der Waals surface area contributed by atoms with E-state index in [0.717, 1.165) is 18.2 Å². The van der Waals surface area contributed by atoms with Crippen molar-refractivity contribution in [1.29, 1.82) is 0 Å². The maximum atomic E-state index is 10.9. The number of nitro groups is 1. The first-order valence-electron chi connectivity index (χ1n) is 13.3. The number of hydrogen-bond acceptors (Lipinski definition) is 18. The lowest BCUT2D eigenvalue weighted by atomic mass is 9.96. The first-order chi connectivity index (χ1) is 20.8. The highest BCUT2D eigenvalue weighted by Crippen LogP contribution is 2.35. The van der Waals surface area contributed by atoms with Gasteiger partial charge in [-0.15, -0.1) is 0 Å². The SMILES string of the molecule is O=[N+]([O-])c1ccc(O[C@@H]2O[C@H](CO)[C@@H](O[C@@H]3O[C@H](CO)[C@@H](O[C@@H]4O[C@H](CO)[C@H](O)[C@H](O)[C@H]4O)[C@H](O)[C@H]3O)[C@H](O)[C@H]2O)c(Cl)c1. The molecule has 3 fully saturated rings. The Kier molecular flexibility index (Phi) is 11.7. The second kappa shape index (κ2) is 14.7. The van der Waals surface area contributed by atoms with E-state index < -0.39 is 117 Å². The molecule has 3 heterocycles. The van der Waals surface area contributed by atoms with E-state index in [0.29, 0.717) is 0 Å². The number of aliphatic hydroxyl groups is 10. The van der Waals surface area contributed by atoms with Gasteiger partial charge in [0.15, 0.2) is 12.6 Å². The molecule has 3 saturated heterocycles. The lowest BCUT2D eigenvalue weighted by Crippen LogP contribution is -2.66. The molecule has 20 heteroatoms. The average Bonchev–Trinajstić information content (AvgIpc) is 3.00. The van der Waals surface area contributed by atoms with Gasteiger partial charge in [0.2, 0.25) is 6.29 Å². The Hall–Kier alpha value is -1.89. The largest absolute Gasteiger partial charge is 0.460 e. The minimum Gasteiger partial charge on any atom is -0.460 e. The van der Waals surface area contributed by atoms with Crippen LogP contribution >= 0.6 is 11.6 Å². The smallest absolute Gasteiger partial charge is 0.271 e. The summed E-state index contributed by atoms with van der Waals surface area (Å²) in [5, 5.41) is 113. The van der Waals surface area contributed by atoms with Crippen molar-refractivity contribution in [3.05, 3.63) is 33.3 Å². The van der Waals surface area contributed by atoms with Crippen molar-refractivity contribution >= 4 is 17.3 Å². The van der Waals surface area contributed by atoms with Crippen LogP contribution in [0.1, 0.15) is 0 Å². The van der Waals surface area contributed by atoms with Gasteiger partial charge in [-0.3, -0.25) is 10.1 Å². The number of nitro benzene ring substituents is 1. The van der Waals surface area contributed by atoms with Crippen LogP contribution < -0.4 is 4.74 Å². The van der Waals surface area contributed by atoms with Crippen LogP contribution in [-0.4, -0.2) is 168 Å². The molecule has 0 spiro atoms. The summed E-state index contributed by atoms with van der Waals surface area (Å²) >= 11 is 6.01. The van der Waals surface area contributed by atoms with Crippen molar-refractivity contribution in [3.63, 3.8) is 0 Å². The molecule has 10 N–H and O–H groups in total. The van der Waals surface area contributed by atoms with Gasteiger partial charge in [0.1, 0.15) is 79.0 Å². The highest BCUT2D eigenvalue weighted by atomic mass is 35.5. The Morgan fingerprint density at radius 3 is 1.61 bits per heavy atom. The minimum atomic E-state index is -1.98. The molecule has 0 unspecified atom stereocenters. The quantitative estimate of drug-likeness (QED) is 0.0831. The molecular weight excluding hydrogens is 626 g/mol. The first kappa shape index (κ1) is 35.0. The monoisotopic (exact) mass is 659 g/mol. The third kappa shape index (κ3) is 7.08. The van der Waals surface area contributed by atoms with Gasteiger partial charge in [0.05, 0.1) is 29.8 Å². The number of halogens is 1. The van der Waals surface area contributed by atoms with Crippen molar-refractivity contribution in [2.24, 2.45) is 0 Å². The number of hydrogen-bond donors (Lipinski definition) is 10. The van der Waals surface area contributed by atoms with E-state index >= 15 is 0 Å². The average molecular weight is 660 g/mol. The van der Waals surface area contributed by atoms with Gasteiger partial charge >= 0.3 is 0 Å². The minimum absolute atomic E-state index is 0.157. The fourth-order valence-electron chi connectivity index (χ4n) is 4.96. The summed E-state index contributed by atoms with van der Waals surface area (Å²) in [4.78, 5) is 10.2. The third-order valence-electron chi connectivity index (χ3n) is 7.44. The van der Waals surface area contributed by atoms with Crippen molar-refractivity contribution < 1.29 is 84.4 Å². The Labute approximate surface area is 253 Å². The van der Waals surface area contributed by atoms with Crippen LogP contribution in [-0.2, 0) is 23.7 Å². The topological polar surface area (TPSA) is 301 Å². The number of aliphatic hydroxyl groups excluding tert-OH is 10. The van der Waals surface area contributed by atoms with E-state index in [2.05, 4.69) is 0 Å². The summed E-state index contributed by atoms with van der Waals surface area (Å²) in [6.07, 6.45) is -25.9. The Balaban J connectivity index is 1.44. The summed E-state index contributed by atoms with van der Waals surface area (Å²) in [5.41, 5.74) is -0.343. The summed E-state index contributed by atoms with van der Waals surface area (Å²) < 4.78 is 32.8. The lowest BCUT2D eigenvalue weighted by molar-refractivity contribution is -0.384. The number of ether oxygens (including phenoxy) is 6. The third-order valence-corrected chi connectivity index (χ3v) is 7.74. The predicted molar refractivity (Wildman–Crippen MR) is 138 cm³/mol. The second-order valence-electron chi connectivity index (χ2n) is 10.3. The van der Waals surface area contributed by atoms with Crippen molar-refractivity contribution in [2.75, 3.05) is 19.8 Å². The molecule has 15 atom stereocenters. The summed E-state index contributed by atoms with van der Waals surface area (Å²) in [5.74, 6) is -0.157.